The molecule has 6 heteroatoms. The molecule has 0 amide bonds. The van der Waals surface area contributed by atoms with Crippen LogP contribution in [0, 0.1) is 0 Å². The first-order valence-corrected chi connectivity index (χ1v) is 6.81. The van der Waals surface area contributed by atoms with Gasteiger partial charge in [0, 0.05) is 19.4 Å². The van der Waals surface area contributed by atoms with Crippen molar-refractivity contribution in [2.45, 2.75) is 33.5 Å². The molecule has 0 aliphatic heterocycles. The quantitative estimate of drug-likeness (QED) is 0.725. The maximum absolute atomic E-state index is 5.44. The molecule has 0 radical (unpaired) electrons. The molecule has 0 fully saturated rings. The summed E-state index contributed by atoms with van der Waals surface area (Å²) in [6.07, 6.45) is 1.94. The van der Waals surface area contributed by atoms with E-state index in [0.29, 0.717) is 24.9 Å². The predicted octanol–water partition coefficient (Wildman–Crippen LogP) is 2.77. The van der Waals surface area contributed by atoms with Gasteiger partial charge in [-0.05, 0) is 31.9 Å². The zero-order valence-corrected chi connectivity index (χ0v) is 12.0. The topological polar surface area (TPSA) is 70.3 Å². The van der Waals surface area contributed by atoms with E-state index in [1.54, 1.807) is 6.20 Å². The van der Waals surface area contributed by atoms with E-state index in [1.807, 2.05) is 26.0 Å². The maximum Gasteiger partial charge on any atom is 0.284 e. The second-order valence-corrected chi connectivity index (χ2v) is 4.06. The summed E-state index contributed by atoms with van der Waals surface area (Å²) in [7, 11) is 0. The van der Waals surface area contributed by atoms with E-state index in [0.717, 1.165) is 17.7 Å². The monoisotopic (exact) mass is 277 g/mol. The summed E-state index contributed by atoms with van der Waals surface area (Å²) < 4.78 is 16.1. The Balaban J connectivity index is 2.27. The van der Waals surface area contributed by atoms with Crippen LogP contribution in [0.4, 0.5) is 0 Å². The molecule has 0 atom stereocenters. The van der Waals surface area contributed by atoms with Crippen molar-refractivity contribution in [3.8, 4) is 11.5 Å². The van der Waals surface area contributed by atoms with Crippen LogP contribution < -0.4 is 0 Å². The average Bonchev–Trinajstić information content (AvgIpc) is 2.96. The SMILES string of the molecule is CCOC(OCC)c1nc(-c2ncccc2CC)no1. The Bertz CT molecular complexity index is 536. The van der Waals surface area contributed by atoms with Gasteiger partial charge in [0.05, 0.1) is 0 Å². The molecule has 0 aromatic carbocycles. The van der Waals surface area contributed by atoms with E-state index in [1.165, 1.54) is 0 Å². The number of pyridine rings is 1. The molecule has 0 N–H and O–H groups in total. The normalized spacial score (nSPS) is 11.2. The smallest absolute Gasteiger partial charge is 0.284 e. The molecule has 0 spiro atoms. The standard InChI is InChI=1S/C14H19N3O3/c1-4-10-8-7-9-15-11(10)12-16-13(20-17-12)14(18-5-2)19-6-3/h7-9,14H,4-6H2,1-3H3. The Labute approximate surface area is 118 Å². The summed E-state index contributed by atoms with van der Waals surface area (Å²) in [5.74, 6) is 0.776. The van der Waals surface area contributed by atoms with Crippen LogP contribution in [-0.4, -0.2) is 28.3 Å². The molecule has 0 aliphatic carbocycles. The highest BCUT2D eigenvalue weighted by atomic mass is 16.7. The van der Waals surface area contributed by atoms with Crippen LogP contribution in [0.15, 0.2) is 22.9 Å². The molecule has 0 saturated carbocycles. The minimum absolute atomic E-state index is 0.316. The van der Waals surface area contributed by atoms with Crippen LogP contribution in [0.2, 0.25) is 0 Å². The molecule has 2 aromatic heterocycles. The molecule has 2 heterocycles. The molecule has 108 valence electrons. The molecular weight excluding hydrogens is 258 g/mol. The molecule has 6 nitrogen and oxygen atoms in total. The van der Waals surface area contributed by atoms with E-state index >= 15 is 0 Å². The Morgan fingerprint density at radius 1 is 1.20 bits per heavy atom. The van der Waals surface area contributed by atoms with Gasteiger partial charge < -0.3 is 14.0 Å². The lowest BCUT2D eigenvalue weighted by atomic mass is 10.1. The van der Waals surface area contributed by atoms with E-state index in [9.17, 15) is 0 Å². The van der Waals surface area contributed by atoms with Crippen molar-refractivity contribution in [1.29, 1.82) is 0 Å². The molecule has 2 aromatic rings. The molecule has 20 heavy (non-hydrogen) atoms. The van der Waals surface area contributed by atoms with E-state index in [-0.39, 0.29) is 0 Å². The number of rotatable bonds is 7. The van der Waals surface area contributed by atoms with Gasteiger partial charge in [-0.15, -0.1) is 0 Å². The Hall–Kier alpha value is -1.79. The highest BCUT2D eigenvalue weighted by Crippen LogP contribution is 2.22. The lowest BCUT2D eigenvalue weighted by Crippen LogP contribution is -2.09. The van der Waals surface area contributed by atoms with Crippen molar-refractivity contribution < 1.29 is 14.0 Å². The summed E-state index contributed by atoms with van der Waals surface area (Å²) in [6.45, 7) is 6.84. The summed E-state index contributed by atoms with van der Waals surface area (Å²) >= 11 is 0. The van der Waals surface area contributed by atoms with Crippen molar-refractivity contribution in [3.63, 3.8) is 0 Å². The third kappa shape index (κ3) is 3.20. The van der Waals surface area contributed by atoms with Gasteiger partial charge in [-0.3, -0.25) is 4.98 Å². The highest BCUT2D eigenvalue weighted by Gasteiger charge is 2.21. The highest BCUT2D eigenvalue weighted by molar-refractivity contribution is 5.53. The minimum Gasteiger partial charge on any atom is -0.345 e. The Kier molecular flexibility index (Phi) is 5.20. The van der Waals surface area contributed by atoms with Gasteiger partial charge in [0.25, 0.3) is 5.89 Å². The van der Waals surface area contributed by atoms with Gasteiger partial charge in [-0.25, -0.2) is 0 Å². The van der Waals surface area contributed by atoms with Gasteiger partial charge in [0.15, 0.2) is 0 Å². The van der Waals surface area contributed by atoms with Gasteiger partial charge in [-0.2, -0.15) is 4.98 Å². The van der Waals surface area contributed by atoms with E-state index in [2.05, 4.69) is 22.0 Å². The van der Waals surface area contributed by atoms with Crippen molar-refractivity contribution in [2.75, 3.05) is 13.2 Å². The van der Waals surface area contributed by atoms with E-state index in [4.69, 9.17) is 14.0 Å². The van der Waals surface area contributed by atoms with Crippen LogP contribution >= 0.6 is 0 Å². The summed E-state index contributed by atoms with van der Waals surface area (Å²) in [5.41, 5.74) is 1.81. The fourth-order valence-corrected chi connectivity index (χ4v) is 1.85. The molecular formula is C14H19N3O3. The number of nitrogens with zero attached hydrogens (tertiary/aromatic N) is 3. The van der Waals surface area contributed by atoms with Crippen LogP contribution in [0.3, 0.4) is 0 Å². The minimum atomic E-state index is -0.625. The second kappa shape index (κ2) is 7.12. The fourth-order valence-electron chi connectivity index (χ4n) is 1.85. The van der Waals surface area contributed by atoms with E-state index < -0.39 is 6.29 Å². The van der Waals surface area contributed by atoms with Crippen LogP contribution in [0.1, 0.15) is 38.5 Å². The fraction of sp³-hybridized carbons (Fsp3) is 0.500. The first kappa shape index (κ1) is 14.6. The third-order valence-electron chi connectivity index (χ3n) is 2.76. The summed E-state index contributed by atoms with van der Waals surface area (Å²) in [4.78, 5) is 8.65. The van der Waals surface area contributed by atoms with Gasteiger partial charge in [0.2, 0.25) is 12.1 Å². The van der Waals surface area contributed by atoms with Crippen LogP contribution in [-0.2, 0) is 15.9 Å². The molecule has 0 aliphatic rings. The van der Waals surface area contributed by atoms with Gasteiger partial charge in [-0.1, -0.05) is 18.1 Å². The van der Waals surface area contributed by atoms with Crippen molar-refractivity contribution in [1.82, 2.24) is 15.1 Å². The number of ether oxygens (including phenoxy) is 2. The molecule has 2 rings (SSSR count). The zero-order chi connectivity index (χ0) is 14.4. The number of aromatic nitrogens is 3. The molecule has 0 unspecified atom stereocenters. The van der Waals surface area contributed by atoms with Crippen molar-refractivity contribution in [2.24, 2.45) is 0 Å². The van der Waals surface area contributed by atoms with Crippen LogP contribution in [0.5, 0.6) is 0 Å². The molecule has 0 saturated heterocycles. The largest absolute Gasteiger partial charge is 0.345 e. The number of hydrogen-bond donors (Lipinski definition) is 0. The third-order valence-corrected chi connectivity index (χ3v) is 2.76. The van der Waals surface area contributed by atoms with Gasteiger partial charge >= 0.3 is 0 Å². The van der Waals surface area contributed by atoms with Crippen molar-refractivity contribution >= 4 is 0 Å². The zero-order valence-electron chi connectivity index (χ0n) is 12.0. The lowest BCUT2D eigenvalue weighted by molar-refractivity contribution is -0.155. The van der Waals surface area contributed by atoms with Crippen LogP contribution in [0.25, 0.3) is 11.5 Å². The summed E-state index contributed by atoms with van der Waals surface area (Å²) in [5, 5.41) is 3.97. The maximum atomic E-state index is 5.44. The first-order chi connectivity index (χ1) is 9.80. The molecule has 0 bridgehead atoms. The lowest BCUT2D eigenvalue weighted by Gasteiger charge is -2.11. The second-order valence-electron chi connectivity index (χ2n) is 4.06. The first-order valence-electron chi connectivity index (χ1n) is 6.81. The van der Waals surface area contributed by atoms with Crippen molar-refractivity contribution in [3.05, 3.63) is 29.8 Å². The predicted molar refractivity (Wildman–Crippen MR) is 72.9 cm³/mol. The van der Waals surface area contributed by atoms with Gasteiger partial charge in [0.1, 0.15) is 5.69 Å². The number of aryl methyl sites for hydroxylation is 1. The Morgan fingerprint density at radius 3 is 2.60 bits per heavy atom. The Morgan fingerprint density at radius 2 is 1.95 bits per heavy atom. The average molecular weight is 277 g/mol. The summed E-state index contributed by atoms with van der Waals surface area (Å²) in [6, 6.07) is 3.90. The number of hydrogen-bond acceptors (Lipinski definition) is 6.